The zero-order valence-corrected chi connectivity index (χ0v) is 19.4. The van der Waals surface area contributed by atoms with Gasteiger partial charge in [0.2, 0.25) is 5.91 Å². The van der Waals surface area contributed by atoms with E-state index < -0.39 is 0 Å². The smallest absolute Gasteiger partial charge is 0.251 e. The highest BCUT2D eigenvalue weighted by atomic mass is 16.5. The predicted molar refractivity (Wildman–Crippen MR) is 130 cm³/mol. The quantitative estimate of drug-likeness (QED) is 0.356. The SMILES string of the molecule is COCCCNC(=O)c1cccc(NCC(=O)Nc2cccc(C(=O)NCC3CCCO3)c2)c1. The minimum absolute atomic E-state index is 0.00829. The first-order valence-corrected chi connectivity index (χ1v) is 11.5. The normalized spacial score (nSPS) is 14.9. The number of ether oxygens (including phenoxy) is 2. The molecular formula is C25H32N4O5. The molecule has 0 aromatic heterocycles. The van der Waals surface area contributed by atoms with Crippen molar-refractivity contribution in [2.75, 3.05) is 50.6 Å². The molecule has 1 fully saturated rings. The third-order valence-corrected chi connectivity index (χ3v) is 5.31. The highest BCUT2D eigenvalue weighted by molar-refractivity contribution is 5.98. The Morgan fingerprint density at radius 2 is 1.71 bits per heavy atom. The Morgan fingerprint density at radius 1 is 1.00 bits per heavy atom. The maximum absolute atomic E-state index is 12.4. The minimum Gasteiger partial charge on any atom is -0.385 e. The summed E-state index contributed by atoms with van der Waals surface area (Å²) >= 11 is 0. The van der Waals surface area contributed by atoms with Gasteiger partial charge < -0.3 is 30.7 Å². The van der Waals surface area contributed by atoms with Crippen LogP contribution in [-0.2, 0) is 14.3 Å². The molecule has 2 aromatic rings. The number of amides is 3. The van der Waals surface area contributed by atoms with Crippen molar-refractivity contribution in [3.8, 4) is 0 Å². The van der Waals surface area contributed by atoms with Crippen LogP contribution in [0.3, 0.4) is 0 Å². The Labute approximate surface area is 199 Å². The molecule has 0 radical (unpaired) electrons. The van der Waals surface area contributed by atoms with Gasteiger partial charge in [-0.2, -0.15) is 0 Å². The number of rotatable bonds is 12. The number of carbonyl (C=O) groups is 3. The number of hydrogen-bond acceptors (Lipinski definition) is 6. The second kappa shape index (κ2) is 13.3. The van der Waals surface area contributed by atoms with Crippen molar-refractivity contribution in [3.05, 3.63) is 59.7 Å². The van der Waals surface area contributed by atoms with E-state index in [1.165, 1.54) is 0 Å². The van der Waals surface area contributed by atoms with Crippen molar-refractivity contribution in [3.63, 3.8) is 0 Å². The van der Waals surface area contributed by atoms with Gasteiger partial charge in [0.1, 0.15) is 0 Å². The summed E-state index contributed by atoms with van der Waals surface area (Å²) in [6.45, 7) is 2.33. The molecule has 34 heavy (non-hydrogen) atoms. The molecule has 1 atom stereocenters. The van der Waals surface area contributed by atoms with Crippen LogP contribution in [0, 0.1) is 0 Å². The maximum atomic E-state index is 12.4. The lowest BCUT2D eigenvalue weighted by Gasteiger charge is -2.12. The van der Waals surface area contributed by atoms with E-state index >= 15 is 0 Å². The van der Waals surface area contributed by atoms with Gasteiger partial charge in [0, 0.05) is 55.9 Å². The van der Waals surface area contributed by atoms with Gasteiger partial charge in [-0.3, -0.25) is 14.4 Å². The Hall–Kier alpha value is -3.43. The van der Waals surface area contributed by atoms with Gasteiger partial charge in [0.05, 0.1) is 12.6 Å². The van der Waals surface area contributed by atoms with Crippen LogP contribution >= 0.6 is 0 Å². The highest BCUT2D eigenvalue weighted by Crippen LogP contribution is 2.14. The van der Waals surface area contributed by atoms with Crippen LogP contribution in [0.15, 0.2) is 48.5 Å². The van der Waals surface area contributed by atoms with Gasteiger partial charge in [0.25, 0.3) is 11.8 Å². The third-order valence-electron chi connectivity index (χ3n) is 5.31. The summed E-state index contributed by atoms with van der Waals surface area (Å²) in [5.74, 6) is -0.660. The van der Waals surface area contributed by atoms with Crippen molar-refractivity contribution < 1.29 is 23.9 Å². The lowest BCUT2D eigenvalue weighted by atomic mass is 10.1. The van der Waals surface area contributed by atoms with Gasteiger partial charge in [0.15, 0.2) is 0 Å². The van der Waals surface area contributed by atoms with Crippen LogP contribution in [0.4, 0.5) is 11.4 Å². The zero-order chi connectivity index (χ0) is 24.2. The molecule has 2 aromatic carbocycles. The van der Waals surface area contributed by atoms with Gasteiger partial charge in [-0.15, -0.1) is 0 Å². The number of hydrogen-bond donors (Lipinski definition) is 4. The summed E-state index contributed by atoms with van der Waals surface area (Å²) in [5.41, 5.74) is 2.15. The Bertz CT molecular complexity index is 975. The zero-order valence-electron chi connectivity index (χ0n) is 19.4. The number of nitrogens with one attached hydrogen (secondary N) is 4. The third kappa shape index (κ3) is 8.17. The van der Waals surface area contributed by atoms with Crippen LogP contribution in [0.2, 0.25) is 0 Å². The van der Waals surface area contributed by atoms with Gasteiger partial charge >= 0.3 is 0 Å². The van der Waals surface area contributed by atoms with E-state index in [2.05, 4.69) is 21.3 Å². The molecule has 0 spiro atoms. The number of anilines is 2. The molecule has 1 saturated heterocycles. The van der Waals surface area contributed by atoms with E-state index in [1.807, 2.05) is 0 Å². The Morgan fingerprint density at radius 3 is 2.41 bits per heavy atom. The maximum Gasteiger partial charge on any atom is 0.251 e. The molecule has 9 nitrogen and oxygen atoms in total. The second-order valence-electron chi connectivity index (χ2n) is 8.01. The van der Waals surface area contributed by atoms with Crippen molar-refractivity contribution >= 4 is 29.1 Å². The largest absolute Gasteiger partial charge is 0.385 e. The average molecular weight is 469 g/mol. The van der Waals surface area contributed by atoms with Gasteiger partial charge in [-0.25, -0.2) is 0 Å². The van der Waals surface area contributed by atoms with Gasteiger partial charge in [-0.05, 0) is 55.7 Å². The fourth-order valence-corrected chi connectivity index (χ4v) is 3.53. The summed E-state index contributed by atoms with van der Waals surface area (Å²) in [4.78, 5) is 37.1. The van der Waals surface area contributed by atoms with E-state index in [4.69, 9.17) is 9.47 Å². The summed E-state index contributed by atoms with van der Waals surface area (Å²) in [6.07, 6.45) is 2.77. The molecule has 0 aliphatic carbocycles. The summed E-state index contributed by atoms with van der Waals surface area (Å²) in [5, 5.41) is 11.5. The summed E-state index contributed by atoms with van der Waals surface area (Å²) < 4.78 is 10.5. The first kappa shape index (κ1) is 25.2. The van der Waals surface area contributed by atoms with Crippen LogP contribution in [-0.4, -0.2) is 63.8 Å². The van der Waals surface area contributed by atoms with Crippen LogP contribution in [0.5, 0.6) is 0 Å². The molecule has 1 aliphatic rings. The number of carbonyl (C=O) groups excluding carboxylic acids is 3. The fraction of sp³-hybridized carbons (Fsp3) is 0.400. The highest BCUT2D eigenvalue weighted by Gasteiger charge is 2.17. The molecule has 1 unspecified atom stereocenters. The Balaban J connectivity index is 1.46. The standard InChI is InChI=1S/C25H32N4O5/c1-33-12-5-11-26-24(31)18-6-2-8-20(14-18)27-17-23(30)29-21-9-3-7-19(15-21)25(32)28-16-22-10-4-13-34-22/h2-3,6-9,14-15,22,27H,4-5,10-13,16-17H2,1H3,(H,26,31)(H,28,32)(H,29,30). The van der Waals surface area contributed by atoms with Crippen molar-refractivity contribution in [1.29, 1.82) is 0 Å². The molecule has 1 heterocycles. The first-order chi connectivity index (χ1) is 16.5. The van der Waals surface area contributed by atoms with Crippen molar-refractivity contribution in [1.82, 2.24) is 10.6 Å². The van der Waals surface area contributed by atoms with Gasteiger partial charge in [-0.1, -0.05) is 12.1 Å². The summed E-state index contributed by atoms with van der Waals surface area (Å²) in [6, 6.07) is 13.7. The molecule has 0 saturated carbocycles. The molecule has 1 aliphatic heterocycles. The molecule has 3 rings (SSSR count). The van der Waals surface area contributed by atoms with Crippen molar-refractivity contribution in [2.45, 2.75) is 25.4 Å². The van der Waals surface area contributed by atoms with Crippen LogP contribution in [0.25, 0.3) is 0 Å². The summed E-state index contributed by atoms with van der Waals surface area (Å²) in [7, 11) is 1.62. The van der Waals surface area contributed by atoms with E-state index in [1.54, 1.807) is 55.6 Å². The lowest BCUT2D eigenvalue weighted by molar-refractivity contribution is -0.114. The topological polar surface area (TPSA) is 118 Å². The van der Waals surface area contributed by atoms with E-state index in [0.29, 0.717) is 42.2 Å². The number of benzene rings is 2. The second-order valence-corrected chi connectivity index (χ2v) is 8.01. The number of methoxy groups -OCH3 is 1. The van der Waals surface area contributed by atoms with E-state index in [9.17, 15) is 14.4 Å². The van der Waals surface area contributed by atoms with Crippen LogP contribution in [0.1, 0.15) is 40.0 Å². The fourth-order valence-electron chi connectivity index (χ4n) is 3.53. The Kier molecular flexibility index (Phi) is 9.87. The van der Waals surface area contributed by atoms with E-state index in [0.717, 1.165) is 25.9 Å². The lowest BCUT2D eigenvalue weighted by Crippen LogP contribution is -2.31. The first-order valence-electron chi connectivity index (χ1n) is 11.5. The molecule has 9 heteroatoms. The van der Waals surface area contributed by atoms with E-state index in [-0.39, 0.29) is 30.4 Å². The monoisotopic (exact) mass is 468 g/mol. The average Bonchev–Trinajstić information content (AvgIpc) is 3.38. The van der Waals surface area contributed by atoms with Crippen molar-refractivity contribution in [2.24, 2.45) is 0 Å². The van der Waals surface area contributed by atoms with Crippen LogP contribution < -0.4 is 21.3 Å². The predicted octanol–water partition coefficient (Wildman–Crippen LogP) is 2.41. The molecular weight excluding hydrogens is 436 g/mol. The molecule has 3 amide bonds. The minimum atomic E-state index is -0.272. The molecule has 182 valence electrons. The molecule has 0 bridgehead atoms. The molecule has 4 N–H and O–H groups in total.